The van der Waals surface area contributed by atoms with E-state index in [4.69, 9.17) is 20.8 Å². The Morgan fingerprint density at radius 3 is 2.54 bits per heavy atom. The summed E-state index contributed by atoms with van der Waals surface area (Å²) in [5.41, 5.74) is 0.484. The molecule has 1 N–H and O–H groups in total. The van der Waals surface area contributed by atoms with E-state index in [-0.39, 0.29) is 28.4 Å². The molecule has 3 aromatic rings. The fraction of sp³-hybridized carbons (Fsp3) is 0.464. The van der Waals surface area contributed by atoms with E-state index in [0.29, 0.717) is 30.3 Å². The Labute approximate surface area is 233 Å². The van der Waals surface area contributed by atoms with E-state index in [0.717, 1.165) is 19.0 Å². The van der Waals surface area contributed by atoms with Crippen molar-refractivity contribution in [2.45, 2.75) is 63.8 Å². The lowest BCUT2D eigenvalue weighted by molar-refractivity contribution is 0.0903. The second kappa shape index (κ2) is 11.8. The third-order valence-corrected chi connectivity index (χ3v) is 12.4. The summed E-state index contributed by atoms with van der Waals surface area (Å²) in [5, 5.41) is 3.16. The number of hydrogen-bond acceptors (Lipinski definition) is 6. The molecular weight excluding hydrogens is 542 g/mol. The van der Waals surface area contributed by atoms with Crippen molar-refractivity contribution in [2.24, 2.45) is 0 Å². The molecule has 2 aromatic heterocycles. The van der Waals surface area contributed by atoms with Gasteiger partial charge in [-0.1, -0.05) is 38.4 Å². The van der Waals surface area contributed by atoms with Crippen molar-refractivity contribution in [3.05, 3.63) is 75.3 Å². The molecule has 11 heteroatoms. The van der Waals surface area contributed by atoms with Gasteiger partial charge in [0.1, 0.15) is 11.5 Å². The highest BCUT2D eigenvalue weighted by molar-refractivity contribution is 6.74. The predicted octanol–water partition coefficient (Wildman–Crippen LogP) is 6.44. The van der Waals surface area contributed by atoms with E-state index in [1.165, 1.54) is 22.8 Å². The number of rotatable bonds is 8. The van der Waals surface area contributed by atoms with Crippen LogP contribution in [-0.2, 0) is 9.16 Å². The van der Waals surface area contributed by atoms with Crippen LogP contribution in [0.25, 0.3) is 11.3 Å². The van der Waals surface area contributed by atoms with E-state index in [1.54, 1.807) is 18.3 Å². The molecule has 0 bridgehead atoms. The van der Waals surface area contributed by atoms with Crippen LogP contribution in [0.4, 0.5) is 14.7 Å². The molecule has 7 nitrogen and oxygen atoms in total. The number of pyridine rings is 1. The Morgan fingerprint density at radius 1 is 1.18 bits per heavy atom. The van der Waals surface area contributed by atoms with Crippen molar-refractivity contribution in [1.29, 1.82) is 0 Å². The predicted molar refractivity (Wildman–Crippen MR) is 152 cm³/mol. The number of aromatic nitrogens is 3. The van der Waals surface area contributed by atoms with Crippen LogP contribution in [0.2, 0.25) is 23.2 Å². The van der Waals surface area contributed by atoms with Gasteiger partial charge >= 0.3 is 0 Å². The molecule has 1 saturated heterocycles. The highest BCUT2D eigenvalue weighted by Crippen LogP contribution is 2.37. The summed E-state index contributed by atoms with van der Waals surface area (Å²) in [6, 6.07) is 6.94. The molecule has 1 aliphatic heterocycles. The Morgan fingerprint density at radius 2 is 1.90 bits per heavy atom. The first-order valence-electron chi connectivity index (χ1n) is 13.0. The normalized spacial score (nSPS) is 15.8. The molecule has 210 valence electrons. The zero-order chi connectivity index (χ0) is 28.4. The van der Waals surface area contributed by atoms with Crippen molar-refractivity contribution in [3.8, 4) is 11.3 Å². The molecule has 0 radical (unpaired) electrons. The smallest absolute Gasteiger partial charge is 0.251 e. The van der Waals surface area contributed by atoms with Crippen LogP contribution in [0, 0.1) is 11.6 Å². The SMILES string of the molecule is CC(C)(C)[Si](C)(C)OCC(c1ccc(Cl)c(F)c1)n1ccc(-c2nc(NC3CCOCC3)ncc2F)cc1=O. The van der Waals surface area contributed by atoms with E-state index >= 15 is 0 Å². The van der Waals surface area contributed by atoms with E-state index in [9.17, 15) is 13.6 Å². The molecule has 1 fully saturated rings. The van der Waals surface area contributed by atoms with Gasteiger partial charge in [-0.3, -0.25) is 4.79 Å². The lowest BCUT2D eigenvalue weighted by atomic mass is 10.1. The van der Waals surface area contributed by atoms with Gasteiger partial charge in [-0.2, -0.15) is 0 Å². The lowest BCUT2D eigenvalue weighted by Crippen LogP contribution is -2.43. The highest BCUT2D eigenvalue weighted by atomic mass is 35.5. The minimum Gasteiger partial charge on any atom is -0.414 e. The maximum Gasteiger partial charge on any atom is 0.251 e. The van der Waals surface area contributed by atoms with Crippen LogP contribution in [0.5, 0.6) is 0 Å². The summed E-state index contributed by atoms with van der Waals surface area (Å²) < 4.78 is 42.5. The Kier molecular flexibility index (Phi) is 8.90. The van der Waals surface area contributed by atoms with Crippen molar-refractivity contribution < 1.29 is 17.9 Å². The molecule has 4 rings (SSSR count). The van der Waals surface area contributed by atoms with Gasteiger partial charge in [-0.25, -0.2) is 18.7 Å². The fourth-order valence-electron chi connectivity index (χ4n) is 4.12. The lowest BCUT2D eigenvalue weighted by Gasteiger charge is -2.37. The summed E-state index contributed by atoms with van der Waals surface area (Å²) >= 11 is 5.92. The molecule has 3 heterocycles. The monoisotopic (exact) mass is 576 g/mol. The average molecular weight is 577 g/mol. The van der Waals surface area contributed by atoms with Gasteiger partial charge in [0.25, 0.3) is 5.56 Å². The first-order chi connectivity index (χ1) is 18.4. The Hall–Kier alpha value is -2.66. The number of hydrogen-bond donors (Lipinski definition) is 1. The first kappa shape index (κ1) is 29.3. The van der Waals surface area contributed by atoms with Crippen LogP contribution in [0.1, 0.15) is 45.2 Å². The fourth-order valence-corrected chi connectivity index (χ4v) is 5.24. The first-order valence-corrected chi connectivity index (χ1v) is 16.3. The second-order valence-electron chi connectivity index (χ2n) is 11.3. The average Bonchev–Trinajstić information content (AvgIpc) is 2.88. The van der Waals surface area contributed by atoms with E-state index in [1.807, 2.05) is 0 Å². The van der Waals surface area contributed by atoms with Crippen molar-refractivity contribution >= 4 is 25.9 Å². The number of halogens is 3. The number of benzene rings is 1. The Bertz CT molecular complexity index is 1370. The molecule has 1 unspecified atom stereocenters. The van der Waals surface area contributed by atoms with Gasteiger partial charge in [0.2, 0.25) is 5.95 Å². The quantitative estimate of drug-likeness (QED) is 0.311. The molecule has 0 spiro atoms. The van der Waals surface area contributed by atoms with Gasteiger partial charge in [0.05, 0.1) is 23.9 Å². The topological polar surface area (TPSA) is 78.3 Å². The van der Waals surface area contributed by atoms with Crippen molar-refractivity contribution in [2.75, 3.05) is 25.1 Å². The van der Waals surface area contributed by atoms with Gasteiger partial charge < -0.3 is 19.0 Å². The third-order valence-electron chi connectivity index (χ3n) is 7.59. The van der Waals surface area contributed by atoms with Gasteiger partial charge in [0.15, 0.2) is 14.1 Å². The summed E-state index contributed by atoms with van der Waals surface area (Å²) in [6.07, 6.45) is 4.27. The summed E-state index contributed by atoms with van der Waals surface area (Å²) in [5.74, 6) is -0.925. The largest absolute Gasteiger partial charge is 0.414 e. The van der Waals surface area contributed by atoms with Gasteiger partial charge in [-0.15, -0.1) is 0 Å². The molecule has 39 heavy (non-hydrogen) atoms. The van der Waals surface area contributed by atoms with Crippen molar-refractivity contribution in [3.63, 3.8) is 0 Å². The van der Waals surface area contributed by atoms with Gasteiger partial charge in [-0.05, 0) is 54.7 Å². The zero-order valence-corrected chi connectivity index (χ0v) is 24.7. The number of ether oxygens (including phenoxy) is 1. The highest BCUT2D eigenvalue weighted by Gasteiger charge is 2.38. The van der Waals surface area contributed by atoms with E-state index < -0.39 is 31.6 Å². The molecule has 1 aromatic carbocycles. The van der Waals surface area contributed by atoms with Crippen molar-refractivity contribution in [1.82, 2.24) is 14.5 Å². The zero-order valence-electron chi connectivity index (χ0n) is 22.9. The molecule has 0 saturated carbocycles. The van der Waals surface area contributed by atoms with Crippen LogP contribution in [-0.4, -0.2) is 48.7 Å². The molecule has 0 amide bonds. The second-order valence-corrected chi connectivity index (χ2v) is 16.6. The summed E-state index contributed by atoms with van der Waals surface area (Å²) in [6.45, 7) is 12.0. The molecule has 1 aliphatic rings. The van der Waals surface area contributed by atoms with Crippen LogP contribution in [0.3, 0.4) is 0 Å². The Balaban J connectivity index is 1.67. The third kappa shape index (κ3) is 6.92. The minimum absolute atomic E-state index is 0.00471. The number of anilines is 1. The van der Waals surface area contributed by atoms with Crippen LogP contribution < -0.4 is 10.9 Å². The summed E-state index contributed by atoms with van der Waals surface area (Å²) in [4.78, 5) is 21.8. The number of nitrogens with zero attached hydrogens (tertiary/aromatic N) is 3. The van der Waals surface area contributed by atoms with Crippen LogP contribution in [0.15, 0.2) is 47.5 Å². The summed E-state index contributed by atoms with van der Waals surface area (Å²) in [7, 11) is -2.19. The van der Waals surface area contributed by atoms with Crippen LogP contribution >= 0.6 is 11.6 Å². The molecule has 0 aliphatic carbocycles. The van der Waals surface area contributed by atoms with E-state index in [2.05, 4.69) is 49.1 Å². The van der Waals surface area contributed by atoms with Gasteiger partial charge in [0, 0.05) is 37.1 Å². The number of nitrogens with one attached hydrogen (secondary N) is 1. The standard InChI is InChI=1S/C28H35ClF2N4O3Si/c1-28(2,3)39(4,5)38-17-24(18-6-7-21(29)22(30)14-18)35-11-8-19(15-25(35)36)26-23(31)16-32-27(34-26)33-20-9-12-37-13-10-20/h6-8,11,14-16,20,24H,9-10,12-13,17H2,1-5H3,(H,32,33,34). The molecule has 1 atom stereocenters. The maximum atomic E-state index is 14.8. The maximum absolute atomic E-state index is 14.8. The minimum atomic E-state index is -2.19. The molecular formula is C28H35ClF2N4O3Si.